The minimum atomic E-state index is -0.507. The van der Waals surface area contributed by atoms with E-state index >= 15 is 0 Å². The van der Waals surface area contributed by atoms with Gasteiger partial charge in [-0.25, -0.2) is 0 Å². The molecule has 7 aromatic carbocycles. The van der Waals surface area contributed by atoms with Crippen LogP contribution < -0.4 is 20.6 Å². The van der Waals surface area contributed by atoms with Gasteiger partial charge in [0.15, 0.2) is 0 Å². The second-order valence-corrected chi connectivity index (χ2v) is 14.9. The number of benzene rings is 7. The fourth-order valence-corrected chi connectivity index (χ4v) is 9.12. The highest BCUT2D eigenvalue weighted by Crippen LogP contribution is 2.60. The minimum Gasteiger partial charge on any atom is -0.376 e. The lowest BCUT2D eigenvalue weighted by atomic mass is 9.42. The van der Waals surface area contributed by atoms with E-state index in [1.54, 1.807) is 0 Å². The SMILES string of the molecule is CC(C)(C)c1cc2c3c(c1)N(c1ccccc1)c1ccccc1B3N1c3ccccc3C(c3ccccc3)(c3ccccc3)c3cccc-2c31. The Hall–Kier alpha value is -5.80. The summed E-state index contributed by atoms with van der Waals surface area (Å²) in [7, 11) is 0. The second kappa shape index (κ2) is 10.6. The van der Waals surface area contributed by atoms with E-state index in [-0.39, 0.29) is 12.3 Å². The summed E-state index contributed by atoms with van der Waals surface area (Å²) in [6.07, 6.45) is 0. The van der Waals surface area contributed by atoms with Gasteiger partial charge in [0.25, 0.3) is 0 Å². The van der Waals surface area contributed by atoms with Gasteiger partial charge in [-0.1, -0.05) is 160 Å². The number of para-hydroxylation sites is 4. The molecule has 0 aliphatic carbocycles. The summed E-state index contributed by atoms with van der Waals surface area (Å²) in [4.78, 5) is 5.19. The Labute approximate surface area is 295 Å². The molecule has 10 rings (SSSR count). The summed E-state index contributed by atoms with van der Waals surface area (Å²) in [5, 5.41) is 0. The van der Waals surface area contributed by atoms with Crippen LogP contribution in [0.2, 0.25) is 0 Å². The van der Waals surface area contributed by atoms with Crippen LogP contribution in [0.15, 0.2) is 170 Å². The van der Waals surface area contributed by atoms with Crippen molar-refractivity contribution in [3.05, 3.63) is 198 Å². The third-order valence-corrected chi connectivity index (χ3v) is 11.2. The molecule has 0 N–H and O–H groups in total. The number of hydrogen-bond acceptors (Lipinski definition) is 2. The molecule has 0 saturated heterocycles. The molecule has 3 aliphatic heterocycles. The number of rotatable bonds is 3. The molecule has 0 atom stereocenters. The van der Waals surface area contributed by atoms with E-state index in [2.05, 4.69) is 200 Å². The molecule has 0 amide bonds. The van der Waals surface area contributed by atoms with Crippen molar-refractivity contribution in [2.45, 2.75) is 31.6 Å². The zero-order valence-electron chi connectivity index (χ0n) is 28.6. The van der Waals surface area contributed by atoms with E-state index in [1.807, 2.05) is 0 Å². The largest absolute Gasteiger partial charge is 0.376 e. The first-order valence-electron chi connectivity index (χ1n) is 17.7. The van der Waals surface area contributed by atoms with E-state index in [9.17, 15) is 0 Å². The zero-order chi connectivity index (χ0) is 33.6. The third-order valence-electron chi connectivity index (χ3n) is 11.2. The van der Waals surface area contributed by atoms with E-state index in [0.29, 0.717) is 0 Å². The van der Waals surface area contributed by atoms with Gasteiger partial charge in [-0.15, -0.1) is 0 Å². The lowest BCUT2D eigenvalue weighted by Gasteiger charge is -2.53. The Balaban J connectivity index is 1.39. The molecule has 0 saturated carbocycles. The average Bonchev–Trinajstić information content (AvgIpc) is 3.16. The first-order valence-corrected chi connectivity index (χ1v) is 17.7. The van der Waals surface area contributed by atoms with Crippen LogP contribution in [-0.4, -0.2) is 6.85 Å². The lowest BCUT2D eigenvalue weighted by Crippen LogP contribution is -2.63. The number of anilines is 5. The predicted octanol–water partition coefficient (Wildman–Crippen LogP) is 10.4. The summed E-state index contributed by atoms with van der Waals surface area (Å²) in [6.45, 7) is 7.00. The molecule has 0 unspecified atom stereocenters. The van der Waals surface area contributed by atoms with Crippen molar-refractivity contribution >= 4 is 46.2 Å². The number of nitrogens with zero attached hydrogens (tertiary/aromatic N) is 2. The van der Waals surface area contributed by atoms with Crippen molar-refractivity contribution in [1.29, 1.82) is 0 Å². The smallest absolute Gasteiger partial charge is 0.333 e. The topological polar surface area (TPSA) is 6.48 Å². The van der Waals surface area contributed by atoms with Crippen LogP contribution in [0.1, 0.15) is 48.6 Å². The highest BCUT2D eigenvalue weighted by atomic mass is 15.2. The highest BCUT2D eigenvalue weighted by molar-refractivity contribution is 6.93. The average molecular weight is 641 g/mol. The quantitative estimate of drug-likeness (QED) is 0.177. The van der Waals surface area contributed by atoms with Crippen LogP contribution in [0.5, 0.6) is 0 Å². The summed E-state index contributed by atoms with van der Waals surface area (Å²) in [5.74, 6) is 0. The standard InChI is InChI=1S/C47H37BN2/c1-46(2,3)34-30-37-36-24-17-26-39-45(36)50(48-40-27-14-16-29-42(40)49(43(31-34)44(37)48)35-22-11-6-12-23-35)41-28-15-13-25-38(41)47(39,32-18-7-4-8-19-32)33-20-9-5-10-21-33/h4-31H,1-3H3. The molecule has 50 heavy (non-hydrogen) atoms. The van der Waals surface area contributed by atoms with Crippen molar-refractivity contribution in [2.24, 2.45) is 0 Å². The molecular weight excluding hydrogens is 603 g/mol. The van der Waals surface area contributed by atoms with Crippen LogP contribution in [-0.2, 0) is 10.8 Å². The van der Waals surface area contributed by atoms with Gasteiger partial charge in [-0.05, 0) is 80.1 Å². The van der Waals surface area contributed by atoms with Gasteiger partial charge in [0, 0.05) is 34.0 Å². The van der Waals surface area contributed by atoms with Gasteiger partial charge in [0.05, 0.1) is 5.41 Å². The summed E-state index contributed by atoms with van der Waals surface area (Å²) in [5.41, 5.74) is 17.5. The maximum Gasteiger partial charge on any atom is 0.333 e. The van der Waals surface area contributed by atoms with Crippen LogP contribution in [0.3, 0.4) is 0 Å². The summed E-state index contributed by atoms with van der Waals surface area (Å²) >= 11 is 0. The molecule has 0 radical (unpaired) electrons. The van der Waals surface area contributed by atoms with Crippen LogP contribution in [0.25, 0.3) is 11.1 Å². The lowest BCUT2D eigenvalue weighted by molar-refractivity contribution is 0.590. The van der Waals surface area contributed by atoms with Crippen LogP contribution in [0.4, 0.5) is 28.4 Å². The first kappa shape index (κ1) is 29.1. The molecule has 3 heterocycles. The molecule has 0 spiro atoms. The van der Waals surface area contributed by atoms with Crippen molar-refractivity contribution in [3.63, 3.8) is 0 Å². The Bertz CT molecular complexity index is 2390. The monoisotopic (exact) mass is 640 g/mol. The van der Waals surface area contributed by atoms with Gasteiger partial charge in [-0.3, -0.25) is 0 Å². The van der Waals surface area contributed by atoms with Gasteiger partial charge in [0.1, 0.15) is 0 Å². The summed E-state index contributed by atoms with van der Waals surface area (Å²) < 4.78 is 0. The van der Waals surface area contributed by atoms with Gasteiger partial charge >= 0.3 is 6.85 Å². The van der Waals surface area contributed by atoms with Gasteiger partial charge < -0.3 is 9.71 Å². The van der Waals surface area contributed by atoms with E-state index in [4.69, 9.17) is 0 Å². The first-order chi connectivity index (χ1) is 24.5. The Morgan fingerprint density at radius 3 is 1.76 bits per heavy atom. The molecule has 2 nitrogen and oxygen atoms in total. The predicted molar refractivity (Wildman–Crippen MR) is 211 cm³/mol. The van der Waals surface area contributed by atoms with Gasteiger partial charge in [0.2, 0.25) is 0 Å². The fraction of sp³-hybridized carbons (Fsp3) is 0.106. The molecule has 3 aliphatic rings. The normalized spacial score (nSPS) is 14.7. The molecular formula is C47H37BN2. The summed E-state index contributed by atoms with van der Waals surface area (Å²) in [6, 6.07) is 63.5. The molecule has 0 bridgehead atoms. The van der Waals surface area contributed by atoms with E-state index in [1.165, 1.54) is 78.3 Å². The number of fused-ring (bicyclic) bond motifs is 6. The maximum absolute atomic E-state index is 2.69. The Morgan fingerprint density at radius 2 is 1.08 bits per heavy atom. The number of hydrogen-bond donors (Lipinski definition) is 0. The second-order valence-electron chi connectivity index (χ2n) is 14.9. The van der Waals surface area contributed by atoms with E-state index in [0.717, 1.165) is 0 Å². The highest BCUT2D eigenvalue weighted by Gasteiger charge is 2.53. The van der Waals surface area contributed by atoms with Crippen molar-refractivity contribution in [3.8, 4) is 11.1 Å². The zero-order valence-corrected chi connectivity index (χ0v) is 28.6. The maximum atomic E-state index is 2.69. The van der Waals surface area contributed by atoms with Crippen LogP contribution in [0, 0.1) is 0 Å². The van der Waals surface area contributed by atoms with Crippen molar-refractivity contribution < 1.29 is 0 Å². The van der Waals surface area contributed by atoms with Crippen molar-refractivity contribution in [1.82, 2.24) is 0 Å². The molecule has 0 fully saturated rings. The molecule has 238 valence electrons. The third kappa shape index (κ3) is 3.86. The fourth-order valence-electron chi connectivity index (χ4n) is 9.12. The Kier molecular flexibility index (Phi) is 6.18. The van der Waals surface area contributed by atoms with E-state index < -0.39 is 5.41 Å². The molecule has 7 aromatic rings. The van der Waals surface area contributed by atoms with Crippen LogP contribution >= 0.6 is 0 Å². The molecule has 3 heteroatoms. The molecule has 0 aromatic heterocycles. The van der Waals surface area contributed by atoms with Gasteiger partial charge in [-0.2, -0.15) is 0 Å². The van der Waals surface area contributed by atoms with Crippen molar-refractivity contribution in [2.75, 3.05) is 9.71 Å². The minimum absolute atomic E-state index is 0.00970. The Morgan fingerprint density at radius 1 is 0.500 bits per heavy atom.